The fraction of sp³-hybridized carbons (Fsp3) is 0.154. The number of ether oxygens (including phenoxy) is 4. The number of aromatic nitrogens is 2. The first-order valence-corrected chi connectivity index (χ1v) is 10.8. The first-order chi connectivity index (χ1) is 17.2. The number of rotatable bonds is 12. The van der Waals surface area contributed by atoms with Crippen molar-refractivity contribution in [1.29, 1.82) is 0 Å². The Labute approximate surface area is 204 Å². The van der Waals surface area contributed by atoms with Crippen molar-refractivity contribution in [2.24, 2.45) is 0 Å². The Hall–Kier alpha value is -4.40. The predicted molar refractivity (Wildman–Crippen MR) is 130 cm³/mol. The second-order valence-electron chi connectivity index (χ2n) is 7.27. The number of nitrogens with zero attached hydrogens (tertiary/aromatic N) is 2. The lowest BCUT2D eigenvalue weighted by Crippen LogP contribution is -2.11. The summed E-state index contributed by atoms with van der Waals surface area (Å²) in [5, 5.41) is 0. The van der Waals surface area contributed by atoms with Crippen molar-refractivity contribution in [1.82, 2.24) is 9.97 Å². The highest BCUT2D eigenvalue weighted by molar-refractivity contribution is 6.20. The van der Waals surface area contributed by atoms with E-state index in [-0.39, 0.29) is 0 Å². The van der Waals surface area contributed by atoms with E-state index in [0.717, 1.165) is 22.6 Å². The summed E-state index contributed by atoms with van der Waals surface area (Å²) < 4.78 is 32.6. The molecule has 0 spiro atoms. The van der Waals surface area contributed by atoms with Gasteiger partial charge in [-0.3, -0.25) is 0 Å². The van der Waals surface area contributed by atoms with E-state index in [2.05, 4.69) is 9.97 Å². The molecular weight excluding hydrogens is 447 g/mol. The zero-order chi connectivity index (χ0) is 24.3. The predicted octanol–water partition coefficient (Wildman–Crippen LogP) is 4.64. The van der Waals surface area contributed by atoms with Crippen LogP contribution >= 0.6 is 0 Å². The summed E-state index contributed by atoms with van der Waals surface area (Å²) in [6.07, 6.45) is 3.11. The van der Waals surface area contributed by atoms with Gasteiger partial charge in [0.1, 0.15) is 36.2 Å². The molecular formula is C26H24BN2O6. The van der Waals surface area contributed by atoms with Gasteiger partial charge >= 0.3 is 7.69 Å². The van der Waals surface area contributed by atoms with Crippen LogP contribution in [-0.4, -0.2) is 31.9 Å². The molecule has 0 amide bonds. The van der Waals surface area contributed by atoms with E-state index in [1.54, 1.807) is 50.9 Å². The Morgan fingerprint density at radius 3 is 1.29 bits per heavy atom. The number of benzene rings is 2. The minimum Gasteiger partial charge on any atom is -0.525 e. The lowest BCUT2D eigenvalue weighted by atomic mass is 10.2. The Morgan fingerprint density at radius 1 is 0.543 bits per heavy atom. The normalized spacial score (nSPS) is 10.2. The second-order valence-corrected chi connectivity index (χ2v) is 7.27. The number of hydrogen-bond donors (Lipinski definition) is 0. The van der Waals surface area contributed by atoms with Gasteiger partial charge in [-0.2, -0.15) is 0 Å². The van der Waals surface area contributed by atoms with Crippen molar-refractivity contribution < 1.29 is 28.3 Å². The molecule has 0 N–H and O–H groups in total. The zero-order valence-electron chi connectivity index (χ0n) is 19.4. The first-order valence-electron chi connectivity index (χ1n) is 10.8. The average molecular weight is 471 g/mol. The van der Waals surface area contributed by atoms with Crippen molar-refractivity contribution in [2.75, 3.05) is 14.2 Å². The summed E-state index contributed by atoms with van der Waals surface area (Å²) in [5.74, 6) is 3.60. The van der Waals surface area contributed by atoms with Gasteiger partial charge in [-0.25, -0.2) is 9.97 Å². The maximum atomic E-state index is 5.69. The van der Waals surface area contributed by atoms with Crippen LogP contribution in [0.5, 0.6) is 34.8 Å². The zero-order valence-corrected chi connectivity index (χ0v) is 19.4. The first kappa shape index (κ1) is 23.8. The van der Waals surface area contributed by atoms with E-state index < -0.39 is 0 Å². The third-order valence-electron chi connectivity index (χ3n) is 4.88. The summed E-state index contributed by atoms with van der Waals surface area (Å²) in [6.45, 7) is 0.804. The van der Waals surface area contributed by atoms with Gasteiger partial charge in [0.25, 0.3) is 0 Å². The lowest BCUT2D eigenvalue weighted by Gasteiger charge is -2.09. The fourth-order valence-electron chi connectivity index (χ4n) is 2.94. The number of pyridine rings is 2. The minimum atomic E-state index is 0.402. The molecule has 0 aliphatic carbocycles. The van der Waals surface area contributed by atoms with E-state index in [4.69, 9.17) is 28.3 Å². The Balaban J connectivity index is 1.17. The van der Waals surface area contributed by atoms with Crippen LogP contribution in [0.25, 0.3) is 0 Å². The van der Waals surface area contributed by atoms with Crippen molar-refractivity contribution in [3.63, 3.8) is 0 Å². The largest absolute Gasteiger partial charge is 0.658 e. The van der Waals surface area contributed by atoms with E-state index in [1.807, 2.05) is 48.5 Å². The molecule has 0 saturated heterocycles. The fourth-order valence-corrected chi connectivity index (χ4v) is 2.94. The lowest BCUT2D eigenvalue weighted by molar-refractivity contribution is 0.293. The minimum absolute atomic E-state index is 0.402. The topological polar surface area (TPSA) is 81.2 Å². The van der Waals surface area contributed by atoms with Gasteiger partial charge in [0.2, 0.25) is 11.8 Å². The molecule has 9 heteroatoms. The molecule has 2 heterocycles. The second kappa shape index (κ2) is 12.2. The van der Waals surface area contributed by atoms with Crippen LogP contribution < -0.4 is 28.3 Å². The Bertz CT molecular complexity index is 1080. The highest BCUT2D eigenvalue weighted by Gasteiger charge is 2.05. The highest BCUT2D eigenvalue weighted by Crippen LogP contribution is 2.19. The van der Waals surface area contributed by atoms with Crippen LogP contribution in [0.15, 0.2) is 85.2 Å². The number of methoxy groups -OCH3 is 2. The molecule has 0 aliphatic rings. The summed E-state index contributed by atoms with van der Waals surface area (Å²) in [6, 6.07) is 22.2. The van der Waals surface area contributed by atoms with Crippen molar-refractivity contribution in [3.8, 4) is 34.8 Å². The molecule has 0 atom stereocenters. The third kappa shape index (κ3) is 7.30. The van der Waals surface area contributed by atoms with E-state index in [9.17, 15) is 0 Å². The van der Waals surface area contributed by atoms with Gasteiger partial charge in [-0.05, 0) is 47.5 Å². The highest BCUT2D eigenvalue weighted by atomic mass is 16.6. The molecule has 177 valence electrons. The van der Waals surface area contributed by atoms with Crippen molar-refractivity contribution in [3.05, 3.63) is 96.3 Å². The Morgan fingerprint density at radius 2 is 0.943 bits per heavy atom. The molecule has 0 bridgehead atoms. The molecule has 0 aliphatic heterocycles. The molecule has 2 aromatic carbocycles. The third-order valence-corrected chi connectivity index (χ3v) is 4.88. The molecule has 0 unspecified atom stereocenters. The quantitative estimate of drug-likeness (QED) is 0.277. The average Bonchev–Trinajstić information content (AvgIpc) is 2.93. The van der Waals surface area contributed by atoms with Crippen LogP contribution in [0, 0.1) is 0 Å². The van der Waals surface area contributed by atoms with Gasteiger partial charge in [0.05, 0.1) is 26.6 Å². The monoisotopic (exact) mass is 471 g/mol. The molecule has 1 radical (unpaired) electrons. The smallest absolute Gasteiger partial charge is 0.525 e. The summed E-state index contributed by atoms with van der Waals surface area (Å²) in [4.78, 5) is 8.47. The molecule has 2 aromatic heterocycles. The van der Waals surface area contributed by atoms with E-state index >= 15 is 0 Å². The summed E-state index contributed by atoms with van der Waals surface area (Å²) >= 11 is 0. The van der Waals surface area contributed by atoms with Crippen molar-refractivity contribution in [2.45, 2.75) is 13.2 Å². The standard InChI is InChI=1S/C26H24BN2O6/c1-30-21-7-3-19(4-8-21)17-32-25-13-11-23(15-28-25)34-27-35-24-12-14-26(29-16-24)33-18-20-5-9-22(31-2)10-6-20/h3-16H,17-18H2,1-2H3. The van der Waals surface area contributed by atoms with Crippen LogP contribution in [0.3, 0.4) is 0 Å². The van der Waals surface area contributed by atoms with Gasteiger partial charge < -0.3 is 28.3 Å². The maximum Gasteiger partial charge on any atom is 0.658 e. The molecule has 4 aromatic rings. The van der Waals surface area contributed by atoms with Crippen LogP contribution in [0.2, 0.25) is 0 Å². The summed E-state index contributed by atoms with van der Waals surface area (Å²) in [5.41, 5.74) is 2.03. The van der Waals surface area contributed by atoms with Crippen LogP contribution in [0.4, 0.5) is 0 Å². The molecule has 8 nitrogen and oxygen atoms in total. The summed E-state index contributed by atoms with van der Waals surface area (Å²) in [7, 11) is 4.48. The van der Waals surface area contributed by atoms with Gasteiger partial charge in [0.15, 0.2) is 0 Å². The van der Waals surface area contributed by atoms with E-state index in [0.29, 0.717) is 36.5 Å². The van der Waals surface area contributed by atoms with Crippen molar-refractivity contribution >= 4 is 7.69 Å². The molecule has 35 heavy (non-hydrogen) atoms. The Kier molecular flexibility index (Phi) is 8.26. The van der Waals surface area contributed by atoms with Gasteiger partial charge in [-0.1, -0.05) is 24.3 Å². The van der Waals surface area contributed by atoms with Gasteiger partial charge in [-0.15, -0.1) is 0 Å². The number of hydrogen-bond acceptors (Lipinski definition) is 8. The van der Waals surface area contributed by atoms with Gasteiger partial charge in [0, 0.05) is 12.1 Å². The van der Waals surface area contributed by atoms with Crippen LogP contribution in [-0.2, 0) is 13.2 Å². The van der Waals surface area contributed by atoms with E-state index in [1.165, 1.54) is 7.69 Å². The van der Waals surface area contributed by atoms with Crippen LogP contribution in [0.1, 0.15) is 11.1 Å². The molecule has 0 fully saturated rings. The maximum absolute atomic E-state index is 5.69. The SMILES string of the molecule is COc1ccc(COc2ccc(O[B]Oc3ccc(OCc4ccc(OC)cc4)nc3)cn2)cc1. The molecule has 0 saturated carbocycles. The molecule has 4 rings (SSSR count).